The molecule has 4 heterocycles. The first-order valence-electron chi connectivity index (χ1n) is 15.5. The van der Waals surface area contributed by atoms with Crippen LogP contribution in [0.15, 0.2) is 84.8 Å². The van der Waals surface area contributed by atoms with E-state index in [2.05, 4.69) is 69.9 Å². The first-order valence-corrected chi connectivity index (χ1v) is 15.5. The molecule has 1 aromatic carbocycles. The molecular formula is C36H40N8O. The number of hydrogen-bond acceptors (Lipinski definition) is 8. The number of pyridine rings is 2. The lowest BCUT2D eigenvalue weighted by atomic mass is 10.1. The molecule has 1 aliphatic carbocycles. The summed E-state index contributed by atoms with van der Waals surface area (Å²) in [6, 6.07) is 18.3. The van der Waals surface area contributed by atoms with E-state index in [-0.39, 0.29) is 5.71 Å². The minimum atomic E-state index is 0.0602. The second-order valence-electron chi connectivity index (χ2n) is 11.2. The van der Waals surface area contributed by atoms with Crippen LogP contribution < -0.4 is 5.73 Å². The van der Waals surface area contributed by atoms with Crippen LogP contribution in [0, 0.1) is 16.7 Å². The van der Waals surface area contributed by atoms with E-state index < -0.39 is 0 Å². The number of allylic oxidation sites excluding steroid dienone is 6. The maximum Gasteiger partial charge on any atom is 0.165 e. The Kier molecular flexibility index (Phi) is 10.2. The Labute approximate surface area is 264 Å². The van der Waals surface area contributed by atoms with Gasteiger partial charge in [0.1, 0.15) is 29.2 Å². The average molecular weight is 601 g/mol. The quantitative estimate of drug-likeness (QED) is 0.153. The zero-order valence-corrected chi connectivity index (χ0v) is 26.2. The molecule has 230 valence electrons. The highest BCUT2D eigenvalue weighted by molar-refractivity contribution is 5.93. The third-order valence-electron chi connectivity index (χ3n) is 7.72. The molecule has 45 heavy (non-hydrogen) atoms. The summed E-state index contributed by atoms with van der Waals surface area (Å²) < 4.78 is 8.10. The minimum Gasteiger partial charge on any atom is -0.495 e. The predicted molar refractivity (Wildman–Crippen MR) is 181 cm³/mol. The van der Waals surface area contributed by atoms with Gasteiger partial charge in [-0.2, -0.15) is 5.26 Å². The van der Waals surface area contributed by atoms with Crippen LogP contribution in [-0.4, -0.2) is 49.3 Å². The number of nitrogens with two attached hydrogens (primary N) is 1. The standard InChI is InChI=1S/C33H36N6O.C3H4N2/c1-3-5-7-24(4-2)29-15-16-30-33(36-29)39(32(37-30)28-8-6-19-35-31(28)34)25-11-9-23(10-12-25)22-38-20-17-27(18-21-38)40-26-13-14-26;1-3(5)2-4/h4-13,15-16,19,27H,3,14,17-18,20-22H2,1-2H3,(H2,34,35);5H,1H3/b7-5-,24-4+;. The second-order valence-corrected chi connectivity index (χ2v) is 11.2. The van der Waals surface area contributed by atoms with Crippen LogP contribution in [0.2, 0.25) is 0 Å². The Morgan fingerprint density at radius 3 is 2.49 bits per heavy atom. The van der Waals surface area contributed by atoms with Crippen molar-refractivity contribution in [2.24, 2.45) is 0 Å². The molecule has 9 heteroatoms. The van der Waals surface area contributed by atoms with Crippen molar-refractivity contribution in [3.05, 3.63) is 96.0 Å². The molecule has 1 fully saturated rings. The molecule has 0 radical (unpaired) electrons. The molecule has 6 rings (SSSR count). The monoisotopic (exact) mass is 600 g/mol. The van der Waals surface area contributed by atoms with Crippen molar-refractivity contribution in [1.29, 1.82) is 10.7 Å². The second kappa shape index (κ2) is 14.6. The zero-order valence-electron chi connectivity index (χ0n) is 26.2. The third kappa shape index (κ3) is 7.91. The van der Waals surface area contributed by atoms with Gasteiger partial charge in [-0.05, 0) is 86.7 Å². The number of benzene rings is 1. The Morgan fingerprint density at radius 2 is 1.87 bits per heavy atom. The fourth-order valence-electron chi connectivity index (χ4n) is 5.27. The molecule has 0 atom stereocenters. The highest BCUT2D eigenvalue weighted by Gasteiger charge is 2.23. The van der Waals surface area contributed by atoms with Gasteiger partial charge in [0, 0.05) is 37.9 Å². The molecule has 9 nitrogen and oxygen atoms in total. The molecule has 0 spiro atoms. The molecule has 0 saturated carbocycles. The van der Waals surface area contributed by atoms with Crippen molar-refractivity contribution in [3.8, 4) is 23.1 Å². The number of likely N-dealkylation sites (tertiary alicyclic amines) is 1. The lowest BCUT2D eigenvalue weighted by Crippen LogP contribution is -2.36. The molecule has 4 aromatic rings. The Hall–Kier alpha value is -5.07. The summed E-state index contributed by atoms with van der Waals surface area (Å²) in [5, 5.41) is 14.1. The molecule has 2 aliphatic rings. The Balaban J connectivity index is 0.000000743. The Morgan fingerprint density at radius 1 is 1.13 bits per heavy atom. The van der Waals surface area contributed by atoms with E-state index >= 15 is 0 Å². The molecule has 1 saturated heterocycles. The van der Waals surface area contributed by atoms with Crippen LogP contribution in [0.4, 0.5) is 5.82 Å². The first kappa shape index (κ1) is 31.4. The summed E-state index contributed by atoms with van der Waals surface area (Å²) in [6.45, 7) is 8.66. The van der Waals surface area contributed by atoms with Crippen LogP contribution in [0.3, 0.4) is 0 Å². The van der Waals surface area contributed by atoms with Crippen molar-refractivity contribution >= 4 is 28.3 Å². The zero-order chi connectivity index (χ0) is 31.8. The van der Waals surface area contributed by atoms with Gasteiger partial charge in [-0.3, -0.25) is 14.9 Å². The van der Waals surface area contributed by atoms with Crippen LogP contribution in [0.5, 0.6) is 0 Å². The van der Waals surface area contributed by atoms with Gasteiger partial charge >= 0.3 is 0 Å². The van der Waals surface area contributed by atoms with Gasteiger partial charge in [0.05, 0.1) is 17.0 Å². The largest absolute Gasteiger partial charge is 0.495 e. The summed E-state index contributed by atoms with van der Waals surface area (Å²) in [5.41, 5.74) is 13.0. The van der Waals surface area contributed by atoms with Crippen molar-refractivity contribution in [3.63, 3.8) is 0 Å². The molecule has 3 aromatic heterocycles. The molecule has 0 amide bonds. The molecule has 3 N–H and O–H groups in total. The summed E-state index contributed by atoms with van der Waals surface area (Å²) in [7, 11) is 0. The summed E-state index contributed by atoms with van der Waals surface area (Å²) in [6.07, 6.45) is 14.8. The van der Waals surface area contributed by atoms with Gasteiger partial charge in [-0.25, -0.2) is 15.0 Å². The van der Waals surface area contributed by atoms with E-state index in [1.54, 1.807) is 12.3 Å². The van der Waals surface area contributed by atoms with E-state index in [9.17, 15) is 0 Å². The van der Waals surface area contributed by atoms with Gasteiger partial charge in [-0.15, -0.1) is 0 Å². The van der Waals surface area contributed by atoms with E-state index in [1.807, 2.05) is 31.2 Å². The minimum absolute atomic E-state index is 0.0602. The fraction of sp³-hybridized carbons (Fsp3) is 0.306. The van der Waals surface area contributed by atoms with Gasteiger partial charge in [-0.1, -0.05) is 37.3 Å². The van der Waals surface area contributed by atoms with Crippen LogP contribution in [-0.2, 0) is 11.3 Å². The average Bonchev–Trinajstić information content (AvgIpc) is 3.80. The number of piperidine rings is 1. The summed E-state index contributed by atoms with van der Waals surface area (Å²) >= 11 is 0. The number of nitrogen functional groups attached to an aromatic ring is 1. The Bertz CT molecular complexity index is 1780. The van der Waals surface area contributed by atoms with Crippen LogP contribution in [0.1, 0.15) is 57.7 Å². The van der Waals surface area contributed by atoms with Gasteiger partial charge < -0.3 is 10.5 Å². The topological polar surface area (TPSA) is 130 Å². The van der Waals surface area contributed by atoms with E-state index in [0.29, 0.717) is 11.9 Å². The number of hydrogen-bond donors (Lipinski definition) is 2. The number of fused-ring (bicyclic) bond motifs is 1. The number of ether oxygens (including phenoxy) is 1. The maximum atomic E-state index is 7.67. The van der Waals surface area contributed by atoms with Crippen molar-refractivity contribution in [1.82, 2.24) is 24.4 Å². The lowest BCUT2D eigenvalue weighted by Gasteiger charge is -2.31. The maximum absolute atomic E-state index is 7.67. The van der Waals surface area contributed by atoms with Crippen LogP contribution in [0.25, 0.3) is 33.8 Å². The third-order valence-corrected chi connectivity index (χ3v) is 7.72. The van der Waals surface area contributed by atoms with Crippen molar-refractivity contribution < 1.29 is 4.74 Å². The molecule has 0 bridgehead atoms. The van der Waals surface area contributed by atoms with Crippen LogP contribution >= 0.6 is 0 Å². The SMILES string of the molecule is C/C=C(\C=C/CC)c1ccc2nc(-c3cccnc3N)n(-c3ccc(CN4CCC(OC5=CC5)CC4)cc3)c2n1.CC(=N)C#N. The molecular weight excluding hydrogens is 560 g/mol. The van der Waals surface area contributed by atoms with E-state index in [4.69, 9.17) is 31.1 Å². The van der Waals surface area contributed by atoms with Gasteiger partial charge in [0.25, 0.3) is 0 Å². The number of imidazole rings is 1. The lowest BCUT2D eigenvalue weighted by molar-refractivity contribution is 0.0542. The van der Waals surface area contributed by atoms with Crippen molar-refractivity contribution in [2.45, 2.75) is 59.1 Å². The van der Waals surface area contributed by atoms with E-state index in [1.165, 1.54) is 18.2 Å². The highest BCUT2D eigenvalue weighted by Crippen LogP contribution is 2.32. The number of nitrogens with one attached hydrogen (secondary N) is 1. The predicted octanol–water partition coefficient (Wildman–Crippen LogP) is 7.25. The van der Waals surface area contributed by atoms with Crippen molar-refractivity contribution in [2.75, 3.05) is 18.8 Å². The summed E-state index contributed by atoms with van der Waals surface area (Å²) in [5.74, 6) is 2.35. The number of nitrogens with zero attached hydrogens (tertiary/aromatic N) is 6. The number of anilines is 1. The fourth-order valence-corrected chi connectivity index (χ4v) is 5.27. The number of nitriles is 1. The van der Waals surface area contributed by atoms with E-state index in [0.717, 1.165) is 84.8 Å². The van der Waals surface area contributed by atoms with Gasteiger partial charge in [0.15, 0.2) is 11.5 Å². The highest BCUT2D eigenvalue weighted by atomic mass is 16.5. The first-order chi connectivity index (χ1) is 21.9. The molecule has 0 unspecified atom stereocenters. The number of rotatable bonds is 9. The molecule has 1 aliphatic heterocycles. The number of aromatic nitrogens is 4. The smallest absolute Gasteiger partial charge is 0.165 e. The normalized spacial score (nSPS) is 15.3. The van der Waals surface area contributed by atoms with Gasteiger partial charge in [0.2, 0.25) is 0 Å². The summed E-state index contributed by atoms with van der Waals surface area (Å²) in [4.78, 5) is 16.9.